The zero-order valence-corrected chi connectivity index (χ0v) is 31.1. The van der Waals surface area contributed by atoms with Crippen molar-refractivity contribution in [2.45, 2.75) is 70.7 Å². The molecule has 1 fully saturated rings. The molecule has 0 aliphatic carbocycles. The van der Waals surface area contributed by atoms with Crippen molar-refractivity contribution in [3.05, 3.63) is 101 Å². The number of nitrogens with one attached hydrogen (secondary N) is 5. The van der Waals surface area contributed by atoms with Gasteiger partial charge in [-0.25, -0.2) is 0 Å². The van der Waals surface area contributed by atoms with Gasteiger partial charge in [-0.1, -0.05) is 80.6 Å². The number of hydrogen-bond donors (Lipinski definition) is 5. The van der Waals surface area contributed by atoms with E-state index in [2.05, 4.69) is 31.5 Å². The van der Waals surface area contributed by atoms with Crippen molar-refractivity contribution in [2.75, 3.05) is 39.5 Å². The van der Waals surface area contributed by atoms with Crippen LogP contribution < -0.4 is 31.3 Å². The average Bonchev–Trinajstić information content (AvgIpc) is 3.17. The van der Waals surface area contributed by atoms with Gasteiger partial charge in [0.1, 0.15) is 23.9 Å². The van der Waals surface area contributed by atoms with Gasteiger partial charge in [0.15, 0.2) is 0 Å². The lowest BCUT2D eigenvalue weighted by molar-refractivity contribution is -0.133. The lowest BCUT2D eigenvalue weighted by Crippen LogP contribution is -2.56. The summed E-state index contributed by atoms with van der Waals surface area (Å²) in [5, 5.41) is 14.1. The molecule has 3 aromatic carbocycles. The summed E-state index contributed by atoms with van der Waals surface area (Å²) in [4.78, 5) is 70.5. The first-order valence-electron chi connectivity index (χ1n) is 18.7. The summed E-state index contributed by atoms with van der Waals surface area (Å²) in [5.41, 5.74) is 3.05. The van der Waals surface area contributed by atoms with Crippen molar-refractivity contribution in [1.29, 1.82) is 0 Å². The molecule has 0 aromatic heterocycles. The molecule has 1 saturated heterocycles. The monoisotopic (exact) mass is 740 g/mol. The molecular formula is C41H52N6O7. The largest absolute Gasteiger partial charge is 0.493 e. The van der Waals surface area contributed by atoms with Crippen molar-refractivity contribution >= 4 is 29.5 Å². The summed E-state index contributed by atoms with van der Waals surface area (Å²) in [5.74, 6) is -2.35. The minimum Gasteiger partial charge on any atom is -0.493 e. The summed E-state index contributed by atoms with van der Waals surface area (Å²) < 4.78 is 11.4. The topological polar surface area (TPSA) is 167 Å². The number of benzene rings is 3. The van der Waals surface area contributed by atoms with Crippen LogP contribution in [0.1, 0.15) is 60.2 Å². The normalized spacial score (nSPS) is 20.9. The Hall–Kier alpha value is -5.27. The molecule has 5 amide bonds. The van der Waals surface area contributed by atoms with Crippen LogP contribution in [-0.4, -0.2) is 92.0 Å². The Bertz CT molecular complexity index is 1710. The Labute approximate surface area is 316 Å². The Morgan fingerprint density at radius 3 is 2.24 bits per heavy atom. The molecule has 0 saturated carbocycles. The van der Waals surface area contributed by atoms with Gasteiger partial charge in [0, 0.05) is 39.1 Å². The van der Waals surface area contributed by atoms with Crippen LogP contribution in [0.5, 0.6) is 5.75 Å². The second-order valence-corrected chi connectivity index (χ2v) is 14.1. The number of ether oxygens (including phenoxy) is 2. The molecule has 13 nitrogen and oxygen atoms in total. The molecule has 5 rings (SSSR count). The van der Waals surface area contributed by atoms with Gasteiger partial charge in [0.05, 0.1) is 31.8 Å². The molecule has 3 atom stereocenters. The lowest BCUT2D eigenvalue weighted by Gasteiger charge is -2.26. The molecule has 0 bridgehead atoms. The van der Waals surface area contributed by atoms with Crippen molar-refractivity contribution in [2.24, 2.45) is 5.92 Å². The van der Waals surface area contributed by atoms with Crippen LogP contribution in [0.15, 0.2) is 78.9 Å². The molecule has 5 N–H and O–H groups in total. The Morgan fingerprint density at radius 2 is 1.50 bits per heavy atom. The second kappa shape index (κ2) is 20.3. The van der Waals surface area contributed by atoms with E-state index in [0.29, 0.717) is 12.2 Å². The number of rotatable bonds is 9. The van der Waals surface area contributed by atoms with E-state index in [1.807, 2.05) is 68.4 Å². The van der Waals surface area contributed by atoms with Gasteiger partial charge in [-0.2, -0.15) is 0 Å². The number of para-hydroxylation sites is 1. The maximum absolute atomic E-state index is 13.8. The Balaban J connectivity index is 1.34. The van der Waals surface area contributed by atoms with Crippen LogP contribution in [-0.2, 0) is 43.4 Å². The van der Waals surface area contributed by atoms with Gasteiger partial charge in [-0.15, -0.1) is 0 Å². The molecule has 2 aliphatic rings. The molecule has 2 aliphatic heterocycles. The van der Waals surface area contributed by atoms with Crippen LogP contribution in [0.3, 0.4) is 0 Å². The summed E-state index contributed by atoms with van der Waals surface area (Å²) >= 11 is 0. The summed E-state index contributed by atoms with van der Waals surface area (Å²) in [7, 11) is 0. The highest BCUT2D eigenvalue weighted by Crippen LogP contribution is 2.19. The van der Waals surface area contributed by atoms with Crippen molar-refractivity contribution in [3.63, 3.8) is 0 Å². The third kappa shape index (κ3) is 12.4. The summed E-state index contributed by atoms with van der Waals surface area (Å²) in [6.45, 7) is 8.47. The van der Waals surface area contributed by atoms with E-state index in [-0.39, 0.29) is 49.9 Å². The lowest BCUT2D eigenvalue weighted by atomic mass is 10.0. The Morgan fingerprint density at radius 1 is 0.796 bits per heavy atom. The molecule has 54 heavy (non-hydrogen) atoms. The smallest absolute Gasteiger partial charge is 0.255 e. The van der Waals surface area contributed by atoms with Gasteiger partial charge in [0.2, 0.25) is 23.6 Å². The van der Waals surface area contributed by atoms with Crippen LogP contribution in [0.4, 0.5) is 0 Å². The first-order valence-corrected chi connectivity index (χ1v) is 18.7. The van der Waals surface area contributed by atoms with Crippen LogP contribution in [0, 0.1) is 5.92 Å². The van der Waals surface area contributed by atoms with E-state index in [1.54, 1.807) is 24.3 Å². The van der Waals surface area contributed by atoms with Crippen LogP contribution >= 0.6 is 0 Å². The van der Waals surface area contributed by atoms with E-state index >= 15 is 0 Å². The fourth-order valence-electron chi connectivity index (χ4n) is 6.38. The SMILES string of the molecule is CC(C)C[C@@H]1NC(=O)C[C@@H](C(=O)NCc2ccc(CN3CCOCC3)cc2)NC(=O)c2ccccc2OCCCNC(=O)[C@H](Cc2ccccc2)NC1=O. The first-order chi connectivity index (χ1) is 26.1. The van der Waals surface area contributed by atoms with E-state index in [1.165, 1.54) is 0 Å². The highest BCUT2D eigenvalue weighted by Gasteiger charge is 2.31. The highest BCUT2D eigenvalue weighted by atomic mass is 16.5. The highest BCUT2D eigenvalue weighted by molar-refractivity contribution is 6.01. The van der Waals surface area contributed by atoms with Crippen LogP contribution in [0.25, 0.3) is 0 Å². The molecular weight excluding hydrogens is 688 g/mol. The molecule has 13 heteroatoms. The van der Waals surface area contributed by atoms with Gasteiger partial charge in [-0.05, 0) is 47.6 Å². The maximum Gasteiger partial charge on any atom is 0.255 e. The molecule has 3 aromatic rings. The van der Waals surface area contributed by atoms with Crippen molar-refractivity contribution in [1.82, 2.24) is 31.5 Å². The number of fused-ring (bicyclic) bond motifs is 1. The first kappa shape index (κ1) is 39.9. The van der Waals surface area contributed by atoms with Gasteiger partial charge in [0.25, 0.3) is 5.91 Å². The number of nitrogens with zero attached hydrogens (tertiary/aromatic N) is 1. The predicted octanol–water partition coefficient (Wildman–Crippen LogP) is 2.48. The minimum atomic E-state index is -1.27. The van der Waals surface area contributed by atoms with Crippen molar-refractivity contribution < 1.29 is 33.4 Å². The van der Waals surface area contributed by atoms with E-state index < -0.39 is 48.2 Å². The zero-order valence-electron chi connectivity index (χ0n) is 31.1. The minimum absolute atomic E-state index is 0.0101. The molecule has 0 spiro atoms. The molecule has 2 heterocycles. The number of carbonyl (C=O) groups is 5. The number of morpholine rings is 1. The van der Waals surface area contributed by atoms with E-state index in [4.69, 9.17) is 9.47 Å². The third-order valence-corrected chi connectivity index (χ3v) is 9.29. The molecule has 288 valence electrons. The van der Waals surface area contributed by atoms with E-state index in [9.17, 15) is 24.0 Å². The number of carbonyl (C=O) groups excluding carboxylic acids is 5. The van der Waals surface area contributed by atoms with Gasteiger partial charge >= 0.3 is 0 Å². The van der Waals surface area contributed by atoms with Crippen LogP contribution in [0.2, 0.25) is 0 Å². The second-order valence-electron chi connectivity index (χ2n) is 14.1. The zero-order chi connectivity index (χ0) is 38.3. The Kier molecular flexibility index (Phi) is 15.0. The standard InChI is InChI=1S/C41H52N6O7/c1-28(2)23-33-41(52)46-34(24-29-9-4-3-5-10-29)39(50)42-17-8-20-54-36-12-7-6-11-32(36)38(49)45-35(25-37(48)44-33)40(51)43-26-30-13-15-31(16-14-30)27-47-18-21-53-22-19-47/h3-7,9-16,28,33-35H,8,17-27H2,1-2H3,(H,42,50)(H,43,51)(H,44,48)(H,45,49)(H,46,52)/t33-,34-,35-/m0/s1. The quantitative estimate of drug-likeness (QED) is 0.223. The molecule has 0 unspecified atom stereocenters. The predicted molar refractivity (Wildman–Crippen MR) is 203 cm³/mol. The molecule has 0 radical (unpaired) electrons. The van der Waals surface area contributed by atoms with Gasteiger partial charge in [-0.3, -0.25) is 28.9 Å². The fourth-order valence-corrected chi connectivity index (χ4v) is 6.38. The summed E-state index contributed by atoms with van der Waals surface area (Å²) in [6.07, 6.45) is 0.524. The number of hydrogen-bond acceptors (Lipinski definition) is 8. The van der Waals surface area contributed by atoms with Gasteiger partial charge < -0.3 is 36.1 Å². The summed E-state index contributed by atoms with van der Waals surface area (Å²) in [6, 6.07) is 20.8. The number of amides is 5. The maximum atomic E-state index is 13.8. The third-order valence-electron chi connectivity index (χ3n) is 9.29. The van der Waals surface area contributed by atoms with E-state index in [0.717, 1.165) is 49.5 Å². The van der Waals surface area contributed by atoms with Crippen molar-refractivity contribution in [3.8, 4) is 5.75 Å². The fraction of sp³-hybridized carbons (Fsp3) is 0.439. The average molecular weight is 741 g/mol.